The number of ether oxygens (including phenoxy) is 1. The van der Waals surface area contributed by atoms with Crippen LogP contribution in [0.25, 0.3) is 0 Å². The molecule has 6 heteroatoms. The van der Waals surface area contributed by atoms with Crippen molar-refractivity contribution in [1.82, 2.24) is 10.2 Å². The molecule has 4 nitrogen and oxygen atoms in total. The van der Waals surface area contributed by atoms with Gasteiger partial charge in [0, 0.05) is 24.5 Å². The second kappa shape index (κ2) is 9.04. The number of hydrogen-bond acceptors (Lipinski definition) is 3. The highest BCUT2D eigenvalue weighted by Crippen LogP contribution is 2.38. The highest BCUT2D eigenvalue weighted by atomic mass is 35.5. The van der Waals surface area contributed by atoms with E-state index in [4.69, 9.17) is 16.3 Å². The molecule has 0 radical (unpaired) electrons. The van der Waals surface area contributed by atoms with E-state index in [1.165, 1.54) is 12.8 Å². The number of likely N-dealkylation sites (tertiary alicyclic amines) is 1. The predicted octanol–water partition coefficient (Wildman–Crippen LogP) is 3.27. The van der Waals surface area contributed by atoms with Gasteiger partial charge in [0.15, 0.2) is 0 Å². The van der Waals surface area contributed by atoms with Crippen molar-refractivity contribution in [2.75, 3.05) is 32.8 Å². The summed E-state index contributed by atoms with van der Waals surface area (Å²) in [6.07, 6.45) is 4.11. The predicted molar refractivity (Wildman–Crippen MR) is 98.7 cm³/mol. The van der Waals surface area contributed by atoms with Crippen LogP contribution >= 0.6 is 24.0 Å². The van der Waals surface area contributed by atoms with Crippen molar-refractivity contribution in [2.45, 2.75) is 32.3 Å². The van der Waals surface area contributed by atoms with Crippen molar-refractivity contribution in [2.24, 2.45) is 5.41 Å². The van der Waals surface area contributed by atoms with E-state index in [0.717, 1.165) is 36.6 Å². The van der Waals surface area contributed by atoms with Gasteiger partial charge in [-0.15, -0.1) is 12.4 Å². The zero-order chi connectivity index (χ0) is 16.1. The van der Waals surface area contributed by atoms with Gasteiger partial charge in [0.1, 0.15) is 0 Å². The van der Waals surface area contributed by atoms with Crippen molar-refractivity contribution >= 4 is 29.9 Å². The number of nitrogens with one attached hydrogen (secondary N) is 1. The van der Waals surface area contributed by atoms with Gasteiger partial charge in [-0.1, -0.05) is 23.7 Å². The summed E-state index contributed by atoms with van der Waals surface area (Å²) in [7, 11) is 0. The maximum absolute atomic E-state index is 12.2. The minimum absolute atomic E-state index is 0. The molecule has 2 heterocycles. The Balaban J connectivity index is 0.00000208. The summed E-state index contributed by atoms with van der Waals surface area (Å²) in [6, 6.07) is 7.68. The maximum Gasteiger partial charge on any atom is 0.222 e. The molecule has 24 heavy (non-hydrogen) atoms. The highest BCUT2D eigenvalue weighted by Gasteiger charge is 2.39. The lowest BCUT2D eigenvalue weighted by molar-refractivity contribution is -0.139. The summed E-state index contributed by atoms with van der Waals surface area (Å²) in [6.45, 7) is 4.90. The van der Waals surface area contributed by atoms with Crippen LogP contribution in [-0.2, 0) is 16.1 Å². The van der Waals surface area contributed by atoms with E-state index in [9.17, 15) is 4.79 Å². The zero-order valence-electron chi connectivity index (χ0n) is 13.9. The van der Waals surface area contributed by atoms with Gasteiger partial charge in [0.25, 0.3) is 0 Å². The molecule has 1 aromatic rings. The van der Waals surface area contributed by atoms with Crippen molar-refractivity contribution in [3.05, 3.63) is 34.9 Å². The molecule has 0 atom stereocenters. The number of rotatable bonds is 5. The molecule has 3 rings (SSSR count). The summed E-state index contributed by atoms with van der Waals surface area (Å²) in [5, 5.41) is 4.16. The van der Waals surface area contributed by atoms with E-state index in [-0.39, 0.29) is 18.3 Å². The highest BCUT2D eigenvalue weighted by molar-refractivity contribution is 6.30. The van der Waals surface area contributed by atoms with Crippen LogP contribution in [-0.4, -0.2) is 43.6 Å². The third kappa shape index (κ3) is 5.09. The Bertz CT molecular complexity index is 530. The summed E-state index contributed by atoms with van der Waals surface area (Å²) in [5.74, 6) is 0.282. The first-order valence-corrected chi connectivity index (χ1v) is 8.85. The van der Waals surface area contributed by atoms with Crippen LogP contribution in [0.15, 0.2) is 24.3 Å². The van der Waals surface area contributed by atoms with Gasteiger partial charge in [-0.2, -0.15) is 0 Å². The molecule has 1 amide bonds. The molecule has 0 aliphatic carbocycles. The fourth-order valence-corrected chi connectivity index (χ4v) is 3.74. The number of carbonyl (C=O) groups excluding carboxylic acids is 1. The Hall–Kier alpha value is -0.810. The molecular formula is C18H26Cl2N2O2. The van der Waals surface area contributed by atoms with Crippen molar-refractivity contribution in [1.29, 1.82) is 0 Å². The fourth-order valence-electron chi connectivity index (χ4n) is 3.62. The molecular weight excluding hydrogens is 347 g/mol. The van der Waals surface area contributed by atoms with E-state index in [1.807, 2.05) is 29.2 Å². The van der Waals surface area contributed by atoms with E-state index in [1.54, 1.807) is 0 Å². The summed E-state index contributed by atoms with van der Waals surface area (Å²) >= 11 is 5.87. The number of halogens is 2. The lowest BCUT2D eigenvalue weighted by Gasteiger charge is -2.45. The Morgan fingerprint density at radius 1 is 1.17 bits per heavy atom. The SMILES string of the molecule is Cl.O=C1CCC2(CCNCC2)CN1CCOCc1ccc(Cl)cc1. The molecule has 0 bridgehead atoms. The topological polar surface area (TPSA) is 41.6 Å². The lowest BCUT2D eigenvalue weighted by atomic mass is 9.73. The van der Waals surface area contributed by atoms with Gasteiger partial charge in [-0.3, -0.25) is 4.79 Å². The first-order valence-electron chi connectivity index (χ1n) is 8.48. The summed E-state index contributed by atoms with van der Waals surface area (Å²) in [5.41, 5.74) is 1.45. The third-order valence-corrected chi connectivity index (χ3v) is 5.35. The van der Waals surface area contributed by atoms with Crippen LogP contribution in [0.5, 0.6) is 0 Å². The lowest BCUT2D eigenvalue weighted by Crippen LogP contribution is -2.51. The second-order valence-corrected chi connectivity index (χ2v) is 7.18. The molecule has 2 fully saturated rings. The minimum Gasteiger partial charge on any atom is -0.375 e. The van der Waals surface area contributed by atoms with Crippen LogP contribution in [0.4, 0.5) is 0 Å². The Labute approximate surface area is 155 Å². The van der Waals surface area contributed by atoms with E-state index in [0.29, 0.717) is 31.6 Å². The Morgan fingerprint density at radius 2 is 1.88 bits per heavy atom. The van der Waals surface area contributed by atoms with Gasteiger partial charge in [0.05, 0.1) is 13.2 Å². The second-order valence-electron chi connectivity index (χ2n) is 6.74. The van der Waals surface area contributed by atoms with Gasteiger partial charge in [0.2, 0.25) is 5.91 Å². The van der Waals surface area contributed by atoms with E-state index in [2.05, 4.69) is 5.32 Å². The zero-order valence-corrected chi connectivity index (χ0v) is 15.5. The molecule has 1 aromatic carbocycles. The number of nitrogens with zero attached hydrogens (tertiary/aromatic N) is 1. The first kappa shape index (κ1) is 19.5. The number of piperidine rings is 2. The van der Waals surface area contributed by atoms with Gasteiger partial charge >= 0.3 is 0 Å². The van der Waals surface area contributed by atoms with Crippen LogP contribution < -0.4 is 5.32 Å². The standard InChI is InChI=1S/C18H25ClN2O2.ClH/c19-16-3-1-15(2-4-16)13-23-12-11-21-14-18(6-5-17(21)22)7-9-20-10-8-18;/h1-4,20H,5-14H2;1H. The number of benzene rings is 1. The molecule has 134 valence electrons. The summed E-state index contributed by atoms with van der Waals surface area (Å²) in [4.78, 5) is 14.2. The van der Waals surface area contributed by atoms with Gasteiger partial charge in [-0.25, -0.2) is 0 Å². The third-order valence-electron chi connectivity index (χ3n) is 5.10. The van der Waals surface area contributed by atoms with Crippen molar-refractivity contribution in [3.8, 4) is 0 Å². The molecule has 1 N–H and O–H groups in total. The Morgan fingerprint density at radius 3 is 2.58 bits per heavy atom. The number of hydrogen-bond donors (Lipinski definition) is 1. The molecule has 0 aromatic heterocycles. The molecule has 2 saturated heterocycles. The molecule has 2 aliphatic heterocycles. The van der Waals surface area contributed by atoms with Gasteiger partial charge < -0.3 is 15.0 Å². The summed E-state index contributed by atoms with van der Waals surface area (Å²) < 4.78 is 5.74. The first-order chi connectivity index (χ1) is 11.2. The van der Waals surface area contributed by atoms with E-state index < -0.39 is 0 Å². The monoisotopic (exact) mass is 372 g/mol. The number of amides is 1. The molecule has 2 aliphatic rings. The van der Waals surface area contributed by atoms with Crippen molar-refractivity contribution < 1.29 is 9.53 Å². The average Bonchev–Trinajstić information content (AvgIpc) is 2.57. The van der Waals surface area contributed by atoms with Crippen molar-refractivity contribution in [3.63, 3.8) is 0 Å². The normalized spacial score (nSPS) is 20.0. The number of carbonyl (C=O) groups is 1. The van der Waals surface area contributed by atoms with E-state index >= 15 is 0 Å². The smallest absolute Gasteiger partial charge is 0.222 e. The maximum atomic E-state index is 12.2. The van der Waals surface area contributed by atoms with Crippen LogP contribution in [0, 0.1) is 5.41 Å². The van der Waals surface area contributed by atoms with Gasteiger partial charge in [-0.05, 0) is 55.5 Å². The van der Waals surface area contributed by atoms with Crippen LogP contribution in [0.1, 0.15) is 31.2 Å². The van der Waals surface area contributed by atoms with Crippen LogP contribution in [0.3, 0.4) is 0 Å². The average molecular weight is 373 g/mol. The largest absolute Gasteiger partial charge is 0.375 e. The molecule has 0 unspecified atom stereocenters. The minimum atomic E-state index is 0. The quantitative estimate of drug-likeness (QED) is 0.806. The molecule has 0 saturated carbocycles. The Kier molecular flexibility index (Phi) is 7.35. The fraction of sp³-hybridized carbons (Fsp3) is 0.611. The molecule has 1 spiro atoms. The van der Waals surface area contributed by atoms with Crippen LogP contribution in [0.2, 0.25) is 5.02 Å².